The van der Waals surface area contributed by atoms with Crippen molar-refractivity contribution in [2.75, 3.05) is 19.3 Å². The number of hydrogen-bond acceptors (Lipinski definition) is 3. The van der Waals surface area contributed by atoms with Crippen LogP contribution in [0.4, 0.5) is 0 Å². The lowest BCUT2D eigenvalue weighted by atomic mass is 10.1. The Balaban J connectivity index is 1.85. The molecule has 1 heterocycles. The first-order valence-electron chi connectivity index (χ1n) is 5.43. The van der Waals surface area contributed by atoms with Crippen LogP contribution in [0.1, 0.15) is 18.5 Å². The molecule has 1 fully saturated rings. The standard InChI is InChI=1S/C12H18N2S/c1-14(9-12(10-15)5-6-12)8-11-4-2-3-7-13-11/h2-4,7,15H,5-6,8-10H2,1H3. The van der Waals surface area contributed by atoms with Gasteiger partial charge in [0, 0.05) is 19.3 Å². The summed E-state index contributed by atoms with van der Waals surface area (Å²) in [7, 11) is 2.16. The van der Waals surface area contributed by atoms with Crippen LogP contribution in [0.2, 0.25) is 0 Å². The van der Waals surface area contributed by atoms with Crippen molar-refractivity contribution in [3.8, 4) is 0 Å². The number of thiol groups is 1. The fourth-order valence-electron chi connectivity index (χ4n) is 1.94. The summed E-state index contributed by atoms with van der Waals surface area (Å²) < 4.78 is 0. The second kappa shape index (κ2) is 4.54. The highest BCUT2D eigenvalue weighted by Crippen LogP contribution is 2.46. The molecule has 0 saturated heterocycles. The summed E-state index contributed by atoms with van der Waals surface area (Å²) in [5.41, 5.74) is 1.65. The first kappa shape index (κ1) is 11.0. The quantitative estimate of drug-likeness (QED) is 0.769. The molecule has 3 heteroatoms. The minimum atomic E-state index is 0.507. The molecule has 1 saturated carbocycles. The van der Waals surface area contributed by atoms with Crippen LogP contribution < -0.4 is 0 Å². The van der Waals surface area contributed by atoms with Crippen LogP contribution >= 0.6 is 12.6 Å². The summed E-state index contributed by atoms with van der Waals surface area (Å²) in [5, 5.41) is 0. The maximum Gasteiger partial charge on any atom is 0.0543 e. The Hall–Kier alpha value is -0.540. The molecule has 0 N–H and O–H groups in total. The van der Waals surface area contributed by atoms with Gasteiger partial charge in [0.05, 0.1) is 5.69 Å². The zero-order chi connectivity index (χ0) is 10.7. The Kier molecular flexibility index (Phi) is 3.32. The first-order chi connectivity index (χ1) is 7.24. The lowest BCUT2D eigenvalue weighted by molar-refractivity contribution is 0.268. The van der Waals surface area contributed by atoms with E-state index in [-0.39, 0.29) is 0 Å². The zero-order valence-electron chi connectivity index (χ0n) is 9.19. The average Bonchev–Trinajstić information content (AvgIpc) is 3.00. The predicted molar refractivity (Wildman–Crippen MR) is 66.1 cm³/mol. The third kappa shape index (κ3) is 2.95. The van der Waals surface area contributed by atoms with Gasteiger partial charge >= 0.3 is 0 Å². The van der Waals surface area contributed by atoms with Crippen molar-refractivity contribution in [2.45, 2.75) is 19.4 Å². The number of rotatable bonds is 5. The monoisotopic (exact) mass is 222 g/mol. The Morgan fingerprint density at radius 1 is 1.47 bits per heavy atom. The smallest absolute Gasteiger partial charge is 0.0543 e. The van der Waals surface area contributed by atoms with Crippen molar-refractivity contribution in [1.82, 2.24) is 9.88 Å². The van der Waals surface area contributed by atoms with Gasteiger partial charge in [0.1, 0.15) is 0 Å². The highest BCUT2D eigenvalue weighted by Gasteiger charge is 2.41. The zero-order valence-corrected chi connectivity index (χ0v) is 10.1. The molecular formula is C12H18N2S. The molecule has 0 amide bonds. The van der Waals surface area contributed by atoms with Crippen molar-refractivity contribution in [2.24, 2.45) is 5.41 Å². The van der Waals surface area contributed by atoms with Gasteiger partial charge in [-0.2, -0.15) is 12.6 Å². The maximum atomic E-state index is 4.42. The van der Waals surface area contributed by atoms with Gasteiger partial charge < -0.3 is 0 Å². The van der Waals surface area contributed by atoms with E-state index in [1.54, 1.807) is 0 Å². The Morgan fingerprint density at radius 2 is 2.27 bits per heavy atom. The van der Waals surface area contributed by atoms with Gasteiger partial charge in [0.2, 0.25) is 0 Å². The highest BCUT2D eigenvalue weighted by molar-refractivity contribution is 7.80. The molecule has 0 radical (unpaired) electrons. The number of hydrogen-bond donors (Lipinski definition) is 1. The van der Waals surface area contributed by atoms with Crippen LogP contribution in [0.15, 0.2) is 24.4 Å². The minimum Gasteiger partial charge on any atom is -0.300 e. The van der Waals surface area contributed by atoms with Crippen LogP contribution in [0.5, 0.6) is 0 Å². The van der Waals surface area contributed by atoms with Crippen LogP contribution in [-0.4, -0.2) is 29.2 Å². The summed E-state index contributed by atoms with van der Waals surface area (Å²) in [6, 6.07) is 6.08. The molecule has 0 spiro atoms. The van der Waals surface area contributed by atoms with Crippen molar-refractivity contribution in [3.63, 3.8) is 0 Å². The van der Waals surface area contributed by atoms with Crippen molar-refractivity contribution < 1.29 is 0 Å². The molecule has 2 rings (SSSR count). The predicted octanol–water partition coefficient (Wildman–Crippen LogP) is 2.22. The van der Waals surface area contributed by atoms with E-state index in [1.165, 1.54) is 12.8 Å². The number of aromatic nitrogens is 1. The molecule has 1 aliphatic carbocycles. The summed E-state index contributed by atoms with van der Waals surface area (Å²) in [6.45, 7) is 2.09. The third-order valence-corrected chi connectivity index (χ3v) is 3.73. The SMILES string of the molecule is CN(Cc1ccccn1)CC1(CS)CC1. The van der Waals surface area contributed by atoms with E-state index in [9.17, 15) is 0 Å². The largest absolute Gasteiger partial charge is 0.300 e. The molecule has 2 nitrogen and oxygen atoms in total. The Morgan fingerprint density at radius 3 is 2.80 bits per heavy atom. The molecule has 0 bridgehead atoms. The number of nitrogens with zero attached hydrogens (tertiary/aromatic N) is 2. The van der Waals surface area contributed by atoms with Gasteiger partial charge in [-0.1, -0.05) is 6.07 Å². The van der Waals surface area contributed by atoms with E-state index in [2.05, 4.69) is 35.6 Å². The summed E-state index contributed by atoms with van der Waals surface area (Å²) in [6.07, 6.45) is 4.53. The molecule has 1 aliphatic rings. The second-order valence-corrected chi connectivity index (χ2v) is 4.97. The van der Waals surface area contributed by atoms with E-state index >= 15 is 0 Å². The first-order valence-corrected chi connectivity index (χ1v) is 6.07. The van der Waals surface area contributed by atoms with Crippen LogP contribution in [0.3, 0.4) is 0 Å². The van der Waals surface area contributed by atoms with Crippen molar-refractivity contribution >= 4 is 12.6 Å². The fraction of sp³-hybridized carbons (Fsp3) is 0.583. The summed E-state index contributed by atoms with van der Waals surface area (Å²) in [4.78, 5) is 6.69. The Bertz CT molecular complexity index is 309. The fourth-order valence-corrected chi connectivity index (χ4v) is 2.36. The molecule has 82 valence electrons. The third-order valence-electron chi connectivity index (χ3n) is 3.06. The van der Waals surface area contributed by atoms with Gasteiger partial charge in [0.15, 0.2) is 0 Å². The van der Waals surface area contributed by atoms with Crippen LogP contribution in [-0.2, 0) is 6.54 Å². The summed E-state index contributed by atoms with van der Waals surface area (Å²) in [5.74, 6) is 1.01. The normalized spacial score (nSPS) is 18.1. The summed E-state index contributed by atoms with van der Waals surface area (Å²) >= 11 is 4.42. The minimum absolute atomic E-state index is 0.507. The molecule has 1 aromatic heterocycles. The van der Waals surface area contributed by atoms with Gasteiger partial charge in [-0.05, 0) is 43.2 Å². The van der Waals surface area contributed by atoms with Gasteiger partial charge in [-0.15, -0.1) is 0 Å². The van der Waals surface area contributed by atoms with E-state index < -0.39 is 0 Å². The molecular weight excluding hydrogens is 204 g/mol. The molecule has 0 aliphatic heterocycles. The van der Waals surface area contributed by atoms with Gasteiger partial charge in [-0.3, -0.25) is 9.88 Å². The molecule has 15 heavy (non-hydrogen) atoms. The second-order valence-electron chi connectivity index (χ2n) is 4.65. The van der Waals surface area contributed by atoms with E-state index in [4.69, 9.17) is 0 Å². The number of pyridine rings is 1. The lowest BCUT2D eigenvalue weighted by Crippen LogP contribution is -2.27. The average molecular weight is 222 g/mol. The Labute approximate surface area is 97.1 Å². The topological polar surface area (TPSA) is 16.1 Å². The van der Waals surface area contributed by atoms with Gasteiger partial charge in [0.25, 0.3) is 0 Å². The molecule has 1 aromatic rings. The lowest BCUT2D eigenvalue weighted by Gasteiger charge is -2.21. The van der Waals surface area contributed by atoms with Crippen LogP contribution in [0.25, 0.3) is 0 Å². The maximum absolute atomic E-state index is 4.42. The highest BCUT2D eigenvalue weighted by atomic mass is 32.1. The van der Waals surface area contributed by atoms with Crippen LogP contribution in [0, 0.1) is 5.41 Å². The van der Waals surface area contributed by atoms with E-state index in [0.717, 1.165) is 24.5 Å². The van der Waals surface area contributed by atoms with Gasteiger partial charge in [-0.25, -0.2) is 0 Å². The van der Waals surface area contributed by atoms with Crippen molar-refractivity contribution in [3.05, 3.63) is 30.1 Å². The van der Waals surface area contributed by atoms with E-state index in [0.29, 0.717) is 5.41 Å². The molecule has 0 unspecified atom stereocenters. The molecule has 0 atom stereocenters. The van der Waals surface area contributed by atoms with Crippen molar-refractivity contribution in [1.29, 1.82) is 0 Å². The molecule has 0 aromatic carbocycles. The van der Waals surface area contributed by atoms with E-state index in [1.807, 2.05) is 18.3 Å².